The number of ether oxygens (including phenoxy) is 2. The van der Waals surface area contributed by atoms with E-state index in [1.807, 2.05) is 18.2 Å². The van der Waals surface area contributed by atoms with Gasteiger partial charge in [-0.1, -0.05) is 15.9 Å². The Bertz CT molecular complexity index is 471. The number of methoxy groups -OCH3 is 1. The zero-order chi connectivity index (χ0) is 12.1. The molecule has 1 aromatic carbocycles. The lowest BCUT2D eigenvalue weighted by Crippen LogP contribution is -2.04. The Balaban J connectivity index is 2.18. The summed E-state index contributed by atoms with van der Waals surface area (Å²) in [5, 5.41) is 0. The lowest BCUT2D eigenvalue weighted by molar-refractivity contribution is 0.146. The van der Waals surface area contributed by atoms with Crippen molar-refractivity contribution in [2.75, 3.05) is 20.3 Å². The molecule has 17 heavy (non-hydrogen) atoms. The van der Waals surface area contributed by atoms with Crippen LogP contribution in [0.5, 0.6) is 5.75 Å². The summed E-state index contributed by atoms with van der Waals surface area (Å²) >= 11 is 3.49. The van der Waals surface area contributed by atoms with Crippen LogP contribution in [0.25, 0.3) is 11.4 Å². The number of H-pyrrole nitrogens is 1. The first kappa shape index (κ1) is 12.1. The maximum atomic E-state index is 5.55. The van der Waals surface area contributed by atoms with Crippen molar-refractivity contribution in [1.29, 1.82) is 0 Å². The van der Waals surface area contributed by atoms with Gasteiger partial charge in [0.25, 0.3) is 0 Å². The molecule has 90 valence electrons. The van der Waals surface area contributed by atoms with Gasteiger partial charge in [0.05, 0.1) is 6.61 Å². The van der Waals surface area contributed by atoms with E-state index >= 15 is 0 Å². The molecule has 1 heterocycles. The summed E-state index contributed by atoms with van der Waals surface area (Å²) in [6, 6.07) is 5.80. The Morgan fingerprint density at radius 2 is 2.24 bits per heavy atom. The highest BCUT2D eigenvalue weighted by Crippen LogP contribution is 2.29. The molecule has 2 aromatic rings. The molecule has 0 spiro atoms. The number of aromatic amines is 1. The molecule has 0 aliphatic rings. The number of nitrogens with one attached hydrogen (secondary N) is 1. The second-order valence-corrected chi connectivity index (χ2v) is 4.28. The Labute approximate surface area is 108 Å². The second kappa shape index (κ2) is 5.84. The molecule has 0 unspecified atom stereocenters. The van der Waals surface area contributed by atoms with Crippen molar-refractivity contribution in [2.24, 2.45) is 0 Å². The smallest absolute Gasteiger partial charge is 0.138 e. The summed E-state index contributed by atoms with van der Waals surface area (Å²) in [6.45, 7) is 1.11. The maximum Gasteiger partial charge on any atom is 0.138 e. The van der Waals surface area contributed by atoms with Crippen molar-refractivity contribution >= 4 is 15.9 Å². The van der Waals surface area contributed by atoms with E-state index in [0.29, 0.717) is 13.2 Å². The third-order valence-electron chi connectivity index (χ3n) is 2.25. The Kier molecular flexibility index (Phi) is 4.17. The van der Waals surface area contributed by atoms with Gasteiger partial charge in [0.15, 0.2) is 0 Å². The van der Waals surface area contributed by atoms with Gasteiger partial charge in [-0.2, -0.15) is 0 Å². The average Bonchev–Trinajstić information content (AvgIpc) is 2.85. The fraction of sp³-hybridized carbons (Fsp3) is 0.250. The van der Waals surface area contributed by atoms with Gasteiger partial charge >= 0.3 is 0 Å². The van der Waals surface area contributed by atoms with Gasteiger partial charge < -0.3 is 14.5 Å². The lowest BCUT2D eigenvalue weighted by atomic mass is 10.2. The van der Waals surface area contributed by atoms with Crippen LogP contribution < -0.4 is 4.74 Å². The first-order valence-electron chi connectivity index (χ1n) is 5.22. The molecule has 0 bridgehead atoms. The van der Waals surface area contributed by atoms with Crippen molar-refractivity contribution < 1.29 is 9.47 Å². The normalized spacial score (nSPS) is 10.5. The van der Waals surface area contributed by atoms with Gasteiger partial charge in [-0.25, -0.2) is 4.98 Å². The quantitative estimate of drug-likeness (QED) is 0.863. The van der Waals surface area contributed by atoms with Crippen LogP contribution in [0.3, 0.4) is 0 Å². The highest BCUT2D eigenvalue weighted by molar-refractivity contribution is 9.10. The third kappa shape index (κ3) is 3.08. The van der Waals surface area contributed by atoms with E-state index in [2.05, 4.69) is 25.9 Å². The molecule has 0 aliphatic carbocycles. The first-order valence-corrected chi connectivity index (χ1v) is 6.01. The van der Waals surface area contributed by atoms with Gasteiger partial charge in [-0.05, 0) is 18.2 Å². The maximum absolute atomic E-state index is 5.55. The summed E-state index contributed by atoms with van der Waals surface area (Å²) in [5.74, 6) is 1.62. The molecule has 1 aromatic heterocycles. The average molecular weight is 297 g/mol. The van der Waals surface area contributed by atoms with Crippen LogP contribution in [0.15, 0.2) is 35.1 Å². The van der Waals surface area contributed by atoms with Crippen LogP contribution in [0.1, 0.15) is 0 Å². The van der Waals surface area contributed by atoms with E-state index in [1.54, 1.807) is 19.5 Å². The number of nitrogens with zero attached hydrogens (tertiary/aromatic N) is 1. The minimum absolute atomic E-state index is 0.537. The predicted octanol–water partition coefficient (Wildman–Crippen LogP) is 2.86. The summed E-state index contributed by atoms with van der Waals surface area (Å²) in [6.07, 6.45) is 3.51. The Morgan fingerprint density at radius 1 is 1.35 bits per heavy atom. The minimum atomic E-state index is 0.537. The molecule has 5 heteroatoms. The molecular formula is C12H13BrN2O2. The lowest BCUT2D eigenvalue weighted by Gasteiger charge is -2.08. The third-order valence-corrected chi connectivity index (χ3v) is 2.94. The van der Waals surface area contributed by atoms with E-state index in [1.165, 1.54) is 0 Å². The molecular weight excluding hydrogens is 284 g/mol. The van der Waals surface area contributed by atoms with Crippen LogP contribution in [0.4, 0.5) is 0 Å². The summed E-state index contributed by atoms with van der Waals surface area (Å²) < 4.78 is 11.5. The molecule has 0 saturated carbocycles. The van der Waals surface area contributed by atoms with E-state index in [4.69, 9.17) is 9.47 Å². The molecule has 0 atom stereocenters. The number of imidazole rings is 1. The summed E-state index contributed by atoms with van der Waals surface area (Å²) in [5.41, 5.74) is 0.977. The van der Waals surface area contributed by atoms with Crippen LogP contribution >= 0.6 is 15.9 Å². The van der Waals surface area contributed by atoms with E-state index in [0.717, 1.165) is 21.6 Å². The Morgan fingerprint density at radius 3 is 2.94 bits per heavy atom. The standard InChI is InChI=1S/C12H13BrN2O2/c1-16-6-7-17-9-2-3-11(13)10(8-9)12-14-4-5-15-12/h2-5,8H,6-7H2,1H3,(H,14,15). The molecule has 0 amide bonds. The van der Waals surface area contributed by atoms with E-state index in [9.17, 15) is 0 Å². The van der Waals surface area contributed by atoms with Crippen molar-refractivity contribution in [3.8, 4) is 17.1 Å². The summed E-state index contributed by atoms with van der Waals surface area (Å²) in [4.78, 5) is 7.29. The number of aromatic nitrogens is 2. The highest BCUT2D eigenvalue weighted by Gasteiger charge is 2.07. The molecule has 4 nitrogen and oxygen atoms in total. The fourth-order valence-corrected chi connectivity index (χ4v) is 1.87. The fourth-order valence-electron chi connectivity index (χ4n) is 1.43. The van der Waals surface area contributed by atoms with E-state index in [-0.39, 0.29) is 0 Å². The number of halogens is 1. The van der Waals surface area contributed by atoms with Crippen molar-refractivity contribution in [2.45, 2.75) is 0 Å². The number of hydrogen-bond acceptors (Lipinski definition) is 3. The minimum Gasteiger partial charge on any atom is -0.491 e. The van der Waals surface area contributed by atoms with Gasteiger partial charge in [-0.15, -0.1) is 0 Å². The Hall–Kier alpha value is -1.33. The predicted molar refractivity (Wildman–Crippen MR) is 69.1 cm³/mol. The topological polar surface area (TPSA) is 47.1 Å². The van der Waals surface area contributed by atoms with Crippen molar-refractivity contribution in [3.63, 3.8) is 0 Å². The molecule has 1 N–H and O–H groups in total. The van der Waals surface area contributed by atoms with E-state index < -0.39 is 0 Å². The molecule has 2 rings (SSSR count). The van der Waals surface area contributed by atoms with Gasteiger partial charge in [-0.3, -0.25) is 0 Å². The first-order chi connectivity index (χ1) is 8.31. The van der Waals surface area contributed by atoms with Gasteiger partial charge in [0.2, 0.25) is 0 Å². The van der Waals surface area contributed by atoms with Crippen LogP contribution in [0.2, 0.25) is 0 Å². The molecule has 0 aliphatic heterocycles. The van der Waals surface area contributed by atoms with Gasteiger partial charge in [0.1, 0.15) is 18.2 Å². The van der Waals surface area contributed by atoms with Crippen molar-refractivity contribution in [3.05, 3.63) is 35.1 Å². The van der Waals surface area contributed by atoms with Crippen molar-refractivity contribution in [1.82, 2.24) is 9.97 Å². The van der Waals surface area contributed by atoms with Crippen LogP contribution in [-0.4, -0.2) is 30.3 Å². The molecule has 0 radical (unpaired) electrons. The SMILES string of the molecule is COCCOc1ccc(Br)c(-c2ncc[nH]2)c1. The van der Waals surface area contributed by atoms with Gasteiger partial charge in [0, 0.05) is 29.5 Å². The number of rotatable bonds is 5. The highest BCUT2D eigenvalue weighted by atomic mass is 79.9. The zero-order valence-corrected chi connectivity index (χ0v) is 11.0. The van der Waals surface area contributed by atoms with Crippen LogP contribution in [-0.2, 0) is 4.74 Å². The zero-order valence-electron chi connectivity index (χ0n) is 9.44. The molecule has 0 saturated heterocycles. The molecule has 0 fully saturated rings. The largest absolute Gasteiger partial charge is 0.491 e. The summed E-state index contributed by atoms with van der Waals surface area (Å²) in [7, 11) is 1.65. The second-order valence-electron chi connectivity index (χ2n) is 3.42. The number of hydrogen-bond donors (Lipinski definition) is 1. The number of benzene rings is 1. The monoisotopic (exact) mass is 296 g/mol. The van der Waals surface area contributed by atoms with Crippen LogP contribution in [0, 0.1) is 0 Å².